The number of anilines is 1. The Morgan fingerprint density at radius 1 is 1.03 bits per heavy atom. The van der Waals surface area contributed by atoms with Crippen molar-refractivity contribution in [3.63, 3.8) is 0 Å². The van der Waals surface area contributed by atoms with Crippen LogP contribution in [0.15, 0.2) is 82.7 Å². The van der Waals surface area contributed by atoms with E-state index >= 15 is 0 Å². The average molecular weight is 502 g/mol. The van der Waals surface area contributed by atoms with Gasteiger partial charge in [-0.1, -0.05) is 59.3 Å². The number of furan rings is 1. The van der Waals surface area contributed by atoms with Crippen LogP contribution in [0.5, 0.6) is 0 Å². The molecule has 1 N–H and O–H groups in total. The molecule has 0 aliphatic heterocycles. The highest BCUT2D eigenvalue weighted by Crippen LogP contribution is 2.29. The van der Waals surface area contributed by atoms with E-state index in [2.05, 4.69) is 51.7 Å². The average Bonchev–Trinajstić information content (AvgIpc) is 3.61. The molecule has 3 heterocycles. The molecule has 5 aromatic rings. The van der Waals surface area contributed by atoms with E-state index in [-0.39, 0.29) is 11.7 Å². The number of rotatable bonds is 8. The minimum absolute atomic E-state index is 0.149. The van der Waals surface area contributed by atoms with Crippen molar-refractivity contribution >= 4 is 34.1 Å². The molecule has 0 aliphatic carbocycles. The number of carbonyl (C=O) groups excluding carboxylic acids is 1. The third-order valence-electron chi connectivity index (χ3n) is 5.30. The molecule has 2 aromatic carbocycles. The van der Waals surface area contributed by atoms with Gasteiger partial charge in [-0.05, 0) is 43.7 Å². The third kappa shape index (κ3) is 5.52. The van der Waals surface area contributed by atoms with E-state index in [0.29, 0.717) is 21.9 Å². The Balaban J connectivity index is 1.27. The fraction of sp³-hybridized carbons (Fsp3) is 0.154. The lowest BCUT2D eigenvalue weighted by molar-refractivity contribution is -0.113. The number of hydrogen-bond acceptors (Lipinski definition) is 7. The molecule has 5 rings (SSSR count). The molecule has 0 saturated heterocycles. The van der Waals surface area contributed by atoms with E-state index in [0.717, 1.165) is 22.5 Å². The molecule has 7 nitrogen and oxygen atoms in total. The van der Waals surface area contributed by atoms with Crippen molar-refractivity contribution in [1.29, 1.82) is 0 Å². The first-order chi connectivity index (χ1) is 17.0. The molecule has 176 valence electrons. The summed E-state index contributed by atoms with van der Waals surface area (Å²) in [5.74, 6) is 1.22. The molecule has 9 heteroatoms. The van der Waals surface area contributed by atoms with E-state index in [9.17, 15) is 4.79 Å². The molecule has 3 aromatic heterocycles. The van der Waals surface area contributed by atoms with Crippen LogP contribution < -0.4 is 5.32 Å². The van der Waals surface area contributed by atoms with Crippen molar-refractivity contribution in [3.8, 4) is 17.3 Å². The van der Waals surface area contributed by atoms with Crippen LogP contribution in [0.25, 0.3) is 17.3 Å². The van der Waals surface area contributed by atoms with Gasteiger partial charge in [-0.15, -0.1) is 21.5 Å². The first-order valence-corrected chi connectivity index (χ1v) is 12.8. The zero-order chi connectivity index (χ0) is 24.2. The summed E-state index contributed by atoms with van der Waals surface area (Å²) in [6.45, 7) is 4.11. The molecular weight excluding hydrogens is 478 g/mol. The number of aryl methyl sites for hydroxylation is 2. The Morgan fingerprint density at radius 2 is 1.77 bits per heavy atom. The standard InChI is InChI=1S/C26H23N5O2S2/c1-17-5-9-19(10-6-17)14-21-15-27-25(35-21)28-23(32)16-34-26-30-29-24(22-4-3-13-33-22)31(26)20-11-7-18(2)8-12-20/h3-13,15H,14,16H2,1-2H3,(H,27,28,32). The highest BCUT2D eigenvalue weighted by Gasteiger charge is 2.19. The fourth-order valence-electron chi connectivity index (χ4n) is 3.49. The van der Waals surface area contributed by atoms with Gasteiger partial charge in [0.2, 0.25) is 11.7 Å². The van der Waals surface area contributed by atoms with Crippen molar-refractivity contribution in [1.82, 2.24) is 19.7 Å². The quantitative estimate of drug-likeness (QED) is 0.266. The number of benzene rings is 2. The summed E-state index contributed by atoms with van der Waals surface area (Å²) in [4.78, 5) is 18.1. The maximum Gasteiger partial charge on any atom is 0.236 e. The second-order valence-electron chi connectivity index (χ2n) is 8.09. The van der Waals surface area contributed by atoms with Crippen molar-refractivity contribution in [2.45, 2.75) is 25.4 Å². The Bertz CT molecular complexity index is 1420. The molecule has 0 atom stereocenters. The predicted molar refractivity (Wildman–Crippen MR) is 139 cm³/mol. The smallest absolute Gasteiger partial charge is 0.236 e. The maximum absolute atomic E-state index is 12.7. The number of thiazole rings is 1. The number of thioether (sulfide) groups is 1. The van der Waals surface area contributed by atoms with Crippen LogP contribution >= 0.6 is 23.1 Å². The highest BCUT2D eigenvalue weighted by molar-refractivity contribution is 7.99. The van der Waals surface area contributed by atoms with Crippen LogP contribution in [0, 0.1) is 13.8 Å². The lowest BCUT2D eigenvalue weighted by Gasteiger charge is -2.09. The second kappa shape index (κ2) is 10.3. The molecule has 0 saturated carbocycles. The topological polar surface area (TPSA) is 85.8 Å². The first-order valence-electron chi connectivity index (χ1n) is 11.0. The summed E-state index contributed by atoms with van der Waals surface area (Å²) in [5.41, 5.74) is 4.50. The van der Waals surface area contributed by atoms with Gasteiger partial charge in [0, 0.05) is 23.2 Å². The molecular formula is C26H23N5O2S2. The van der Waals surface area contributed by atoms with E-state index in [1.165, 1.54) is 34.2 Å². The maximum atomic E-state index is 12.7. The van der Waals surface area contributed by atoms with Crippen molar-refractivity contribution < 1.29 is 9.21 Å². The Kier molecular flexibility index (Phi) is 6.78. The van der Waals surface area contributed by atoms with Gasteiger partial charge in [0.25, 0.3) is 0 Å². The zero-order valence-electron chi connectivity index (χ0n) is 19.3. The van der Waals surface area contributed by atoms with Gasteiger partial charge in [-0.25, -0.2) is 4.98 Å². The van der Waals surface area contributed by atoms with Gasteiger partial charge in [-0.2, -0.15) is 0 Å². The van der Waals surface area contributed by atoms with E-state index in [1.807, 2.05) is 54.1 Å². The minimum Gasteiger partial charge on any atom is -0.461 e. The molecule has 0 radical (unpaired) electrons. The van der Waals surface area contributed by atoms with Crippen LogP contribution in [0.3, 0.4) is 0 Å². The van der Waals surface area contributed by atoms with Crippen LogP contribution in [-0.4, -0.2) is 31.4 Å². The molecule has 0 fully saturated rings. The molecule has 0 bridgehead atoms. The summed E-state index contributed by atoms with van der Waals surface area (Å²) >= 11 is 2.80. The van der Waals surface area contributed by atoms with Crippen molar-refractivity contribution in [3.05, 3.63) is 94.7 Å². The number of nitrogens with zero attached hydrogens (tertiary/aromatic N) is 4. The number of carbonyl (C=O) groups is 1. The number of hydrogen-bond donors (Lipinski definition) is 1. The third-order valence-corrected chi connectivity index (χ3v) is 7.14. The van der Waals surface area contributed by atoms with E-state index in [1.54, 1.807) is 6.26 Å². The van der Waals surface area contributed by atoms with Gasteiger partial charge in [0.15, 0.2) is 16.0 Å². The summed E-state index contributed by atoms with van der Waals surface area (Å²) in [6.07, 6.45) is 4.21. The zero-order valence-corrected chi connectivity index (χ0v) is 20.9. The molecule has 0 aliphatic rings. The van der Waals surface area contributed by atoms with E-state index < -0.39 is 0 Å². The van der Waals surface area contributed by atoms with Gasteiger partial charge in [-0.3, -0.25) is 9.36 Å². The number of amides is 1. The molecule has 1 amide bonds. The molecule has 0 unspecified atom stereocenters. The fourth-order valence-corrected chi connectivity index (χ4v) is 5.11. The van der Waals surface area contributed by atoms with Crippen LogP contribution in [0.2, 0.25) is 0 Å². The SMILES string of the molecule is Cc1ccc(Cc2cnc(NC(=O)CSc3nnc(-c4ccco4)n3-c3ccc(C)cc3)s2)cc1. The predicted octanol–water partition coefficient (Wildman–Crippen LogP) is 5.92. The van der Waals surface area contributed by atoms with Crippen molar-refractivity contribution in [2.24, 2.45) is 0 Å². The highest BCUT2D eigenvalue weighted by atomic mass is 32.2. The largest absolute Gasteiger partial charge is 0.461 e. The lowest BCUT2D eigenvalue weighted by atomic mass is 10.1. The van der Waals surface area contributed by atoms with Crippen molar-refractivity contribution in [2.75, 3.05) is 11.1 Å². The number of aromatic nitrogens is 4. The monoisotopic (exact) mass is 501 g/mol. The summed E-state index contributed by atoms with van der Waals surface area (Å²) in [5, 5.41) is 12.8. The molecule has 35 heavy (non-hydrogen) atoms. The summed E-state index contributed by atoms with van der Waals surface area (Å²) in [7, 11) is 0. The summed E-state index contributed by atoms with van der Waals surface area (Å²) in [6, 6.07) is 20.1. The Morgan fingerprint density at radius 3 is 2.49 bits per heavy atom. The van der Waals surface area contributed by atoms with Gasteiger partial charge in [0.05, 0.1) is 12.0 Å². The lowest BCUT2D eigenvalue weighted by Crippen LogP contribution is -2.14. The number of nitrogens with one attached hydrogen (secondary N) is 1. The van der Waals surface area contributed by atoms with Crippen LogP contribution in [0.1, 0.15) is 21.6 Å². The first kappa shape index (κ1) is 23.1. The van der Waals surface area contributed by atoms with Crippen LogP contribution in [0.4, 0.5) is 5.13 Å². The van der Waals surface area contributed by atoms with Gasteiger partial charge >= 0.3 is 0 Å². The van der Waals surface area contributed by atoms with Gasteiger partial charge in [0.1, 0.15) is 0 Å². The molecule has 0 spiro atoms. The van der Waals surface area contributed by atoms with Crippen LogP contribution in [-0.2, 0) is 11.2 Å². The van der Waals surface area contributed by atoms with Gasteiger partial charge < -0.3 is 9.73 Å². The normalized spacial score (nSPS) is 11.0. The Hall–Kier alpha value is -3.69. The summed E-state index contributed by atoms with van der Waals surface area (Å²) < 4.78 is 7.46. The van der Waals surface area contributed by atoms with E-state index in [4.69, 9.17) is 4.42 Å². The second-order valence-corrected chi connectivity index (χ2v) is 10.1. The minimum atomic E-state index is -0.149. The Labute approximate surface area is 211 Å².